The fourth-order valence-corrected chi connectivity index (χ4v) is 11.3. The standard InChI is InChI=1S/C50H27N5Se/c1-52-31-16-20-44-38(26-31)37-25-30(29-51)15-19-43(37)54(44)33-17-23-47-39(27-33)40-28-34(18-24-48(40)56-47)55-42-14-8-6-12-36(42)50-46(55)22-21-45-49(50)35-11-5-7-13-41(35)53(45)32-9-3-2-4-10-32/h2-28H. The van der Waals surface area contributed by atoms with Crippen LogP contribution in [0.2, 0.25) is 0 Å². The molecule has 0 aliphatic heterocycles. The topological polar surface area (TPSA) is 42.9 Å². The van der Waals surface area contributed by atoms with Crippen LogP contribution in [0.15, 0.2) is 164 Å². The van der Waals surface area contributed by atoms with Crippen molar-refractivity contribution < 1.29 is 0 Å². The summed E-state index contributed by atoms with van der Waals surface area (Å²) in [6.45, 7) is 7.65. The molecule has 8 aromatic carbocycles. The number of aromatic nitrogens is 3. The first-order chi connectivity index (χ1) is 27.7. The van der Waals surface area contributed by atoms with Crippen molar-refractivity contribution >= 4 is 105 Å². The number of nitriles is 1. The first-order valence-electron chi connectivity index (χ1n) is 18.5. The molecule has 0 N–H and O–H groups in total. The summed E-state index contributed by atoms with van der Waals surface area (Å²) in [5, 5.41) is 19.2. The third-order valence-corrected chi connectivity index (χ3v) is 13.9. The molecule has 12 aromatic rings. The van der Waals surface area contributed by atoms with E-state index >= 15 is 0 Å². The molecule has 0 bridgehead atoms. The van der Waals surface area contributed by atoms with Crippen LogP contribution in [0, 0.1) is 17.9 Å². The van der Waals surface area contributed by atoms with Crippen LogP contribution in [0.5, 0.6) is 0 Å². The molecule has 0 unspecified atom stereocenters. The Morgan fingerprint density at radius 2 is 0.929 bits per heavy atom. The Hall–Kier alpha value is -7.34. The molecule has 258 valence electrons. The van der Waals surface area contributed by atoms with Crippen LogP contribution in [0.25, 0.3) is 107 Å². The van der Waals surface area contributed by atoms with E-state index in [1.807, 2.05) is 36.4 Å². The first-order valence-corrected chi connectivity index (χ1v) is 20.2. The van der Waals surface area contributed by atoms with Crippen molar-refractivity contribution in [1.29, 1.82) is 5.26 Å². The number of para-hydroxylation sites is 3. The van der Waals surface area contributed by atoms with Gasteiger partial charge in [0, 0.05) is 0 Å². The Morgan fingerprint density at radius 3 is 1.54 bits per heavy atom. The van der Waals surface area contributed by atoms with Gasteiger partial charge in [-0.05, 0) is 0 Å². The zero-order valence-electron chi connectivity index (χ0n) is 29.7. The van der Waals surface area contributed by atoms with Gasteiger partial charge in [0.25, 0.3) is 0 Å². The van der Waals surface area contributed by atoms with Gasteiger partial charge in [-0.25, -0.2) is 0 Å². The molecule has 0 fully saturated rings. The third kappa shape index (κ3) is 4.23. The van der Waals surface area contributed by atoms with E-state index in [4.69, 9.17) is 6.57 Å². The van der Waals surface area contributed by atoms with Crippen molar-refractivity contribution in [3.05, 3.63) is 181 Å². The van der Waals surface area contributed by atoms with E-state index in [9.17, 15) is 5.26 Å². The van der Waals surface area contributed by atoms with Crippen LogP contribution in [0.4, 0.5) is 5.69 Å². The molecule has 56 heavy (non-hydrogen) atoms. The van der Waals surface area contributed by atoms with Gasteiger partial charge < -0.3 is 0 Å². The summed E-state index contributed by atoms with van der Waals surface area (Å²) in [4.78, 5) is 3.71. The second kappa shape index (κ2) is 11.6. The van der Waals surface area contributed by atoms with E-state index < -0.39 is 0 Å². The fraction of sp³-hybridized carbons (Fsp3) is 0. The van der Waals surface area contributed by atoms with Crippen LogP contribution in [0.3, 0.4) is 0 Å². The van der Waals surface area contributed by atoms with E-state index in [2.05, 4.69) is 152 Å². The minimum absolute atomic E-state index is 0.182. The van der Waals surface area contributed by atoms with E-state index in [1.165, 1.54) is 62.9 Å². The first kappa shape index (κ1) is 31.1. The molecule has 0 saturated heterocycles. The number of benzene rings is 8. The van der Waals surface area contributed by atoms with Gasteiger partial charge in [0.2, 0.25) is 0 Å². The summed E-state index contributed by atoms with van der Waals surface area (Å²) >= 11 is 0.182. The van der Waals surface area contributed by atoms with Crippen molar-refractivity contribution in [2.24, 2.45) is 0 Å². The quantitative estimate of drug-likeness (QED) is 0.130. The van der Waals surface area contributed by atoms with Gasteiger partial charge in [0.05, 0.1) is 0 Å². The molecule has 0 spiro atoms. The van der Waals surface area contributed by atoms with Gasteiger partial charge >= 0.3 is 310 Å². The molecule has 4 aromatic heterocycles. The molecule has 0 aliphatic carbocycles. The minimum atomic E-state index is 0.182. The fourth-order valence-electron chi connectivity index (χ4n) is 9.11. The average Bonchev–Trinajstić information content (AvgIpc) is 3.99. The molecule has 6 heteroatoms. The Bertz CT molecular complexity index is 3660. The summed E-state index contributed by atoms with van der Waals surface area (Å²) < 4.78 is 9.87. The number of hydrogen-bond donors (Lipinski definition) is 0. The Balaban J connectivity index is 1.11. The van der Waals surface area contributed by atoms with Crippen LogP contribution in [0.1, 0.15) is 5.56 Å². The Labute approximate surface area is 326 Å². The second-order valence-corrected chi connectivity index (χ2v) is 16.6. The normalized spacial score (nSPS) is 11.9. The van der Waals surface area contributed by atoms with Crippen LogP contribution >= 0.6 is 0 Å². The molecule has 0 radical (unpaired) electrons. The molecule has 0 aliphatic rings. The van der Waals surface area contributed by atoms with Gasteiger partial charge in [0.1, 0.15) is 0 Å². The molecular formula is C50H27N5Se. The molecule has 0 atom stereocenters. The molecule has 0 saturated carbocycles. The van der Waals surface area contributed by atoms with Crippen molar-refractivity contribution in [1.82, 2.24) is 13.7 Å². The van der Waals surface area contributed by atoms with Crippen molar-refractivity contribution in [3.63, 3.8) is 0 Å². The van der Waals surface area contributed by atoms with E-state index in [1.54, 1.807) is 0 Å². The van der Waals surface area contributed by atoms with E-state index in [-0.39, 0.29) is 14.5 Å². The molecule has 0 amide bonds. The van der Waals surface area contributed by atoms with Gasteiger partial charge in [-0.15, -0.1) is 0 Å². The summed E-state index contributed by atoms with van der Waals surface area (Å²) in [5.41, 5.74) is 11.4. The summed E-state index contributed by atoms with van der Waals surface area (Å²) in [6, 6.07) is 60.7. The zero-order valence-corrected chi connectivity index (χ0v) is 31.4. The maximum absolute atomic E-state index is 9.73. The van der Waals surface area contributed by atoms with Crippen molar-refractivity contribution in [3.8, 4) is 23.1 Å². The number of nitrogens with zero attached hydrogens (tertiary/aromatic N) is 5. The van der Waals surface area contributed by atoms with Crippen LogP contribution in [-0.2, 0) is 0 Å². The summed E-state index contributed by atoms with van der Waals surface area (Å²) in [6.07, 6.45) is 0. The SMILES string of the molecule is [C-]#[N+]c1ccc2c(c1)c1cc(C#N)ccc1n2-c1ccc2[se]c3ccc(-n4c5ccccc5c5c6c7ccccc7n(-c7ccccc7)c6ccc54)cc3c2c1. The Morgan fingerprint density at radius 1 is 0.429 bits per heavy atom. The predicted molar refractivity (Wildman–Crippen MR) is 232 cm³/mol. The maximum atomic E-state index is 9.73. The van der Waals surface area contributed by atoms with Crippen molar-refractivity contribution in [2.45, 2.75) is 0 Å². The second-order valence-electron chi connectivity index (χ2n) is 14.3. The van der Waals surface area contributed by atoms with Crippen LogP contribution in [-0.4, -0.2) is 28.2 Å². The zero-order chi connectivity index (χ0) is 37.1. The molecule has 5 nitrogen and oxygen atoms in total. The monoisotopic (exact) mass is 777 g/mol. The van der Waals surface area contributed by atoms with Gasteiger partial charge in [-0.2, -0.15) is 0 Å². The van der Waals surface area contributed by atoms with Gasteiger partial charge in [-0.3, -0.25) is 0 Å². The van der Waals surface area contributed by atoms with Crippen LogP contribution < -0.4 is 0 Å². The number of rotatable bonds is 3. The van der Waals surface area contributed by atoms with Gasteiger partial charge in [-0.1, -0.05) is 18.2 Å². The van der Waals surface area contributed by atoms with Crippen molar-refractivity contribution in [2.75, 3.05) is 0 Å². The van der Waals surface area contributed by atoms with E-state index in [0.717, 1.165) is 38.9 Å². The molecular weight excluding hydrogens is 750 g/mol. The molecule has 4 heterocycles. The number of fused-ring (bicyclic) bond motifs is 13. The Kier molecular flexibility index (Phi) is 6.42. The average molecular weight is 777 g/mol. The third-order valence-electron chi connectivity index (χ3n) is 11.4. The summed E-state index contributed by atoms with van der Waals surface area (Å²) in [7, 11) is 0. The number of hydrogen-bond acceptors (Lipinski definition) is 1. The summed E-state index contributed by atoms with van der Waals surface area (Å²) in [5.74, 6) is 0. The molecule has 12 rings (SSSR count). The van der Waals surface area contributed by atoms with E-state index in [0.29, 0.717) is 11.3 Å². The predicted octanol–water partition coefficient (Wildman–Crippen LogP) is 12.8. The van der Waals surface area contributed by atoms with Gasteiger partial charge in [0.15, 0.2) is 0 Å².